The molecule has 2 saturated heterocycles. The first-order chi connectivity index (χ1) is 9.22. The molecule has 3 rings (SSSR count). The highest BCUT2D eigenvalue weighted by molar-refractivity contribution is 4.91. The van der Waals surface area contributed by atoms with Crippen molar-refractivity contribution in [2.24, 2.45) is 5.92 Å². The molecule has 0 spiro atoms. The summed E-state index contributed by atoms with van der Waals surface area (Å²) in [6, 6.07) is 1.55. The van der Waals surface area contributed by atoms with Gasteiger partial charge in [0.05, 0.1) is 6.10 Å². The summed E-state index contributed by atoms with van der Waals surface area (Å²) >= 11 is 0. The fraction of sp³-hybridized carbons (Fsp3) is 1.00. The molecule has 1 aliphatic carbocycles. The molecule has 0 aromatic carbocycles. The highest BCUT2D eigenvalue weighted by atomic mass is 16.3. The number of rotatable bonds is 4. The molecule has 0 amide bonds. The zero-order chi connectivity index (χ0) is 13.2. The molecule has 0 aromatic heterocycles. The average Bonchev–Trinajstić information content (AvgIpc) is 2.93. The van der Waals surface area contributed by atoms with Crippen LogP contribution in [0.15, 0.2) is 0 Å². The van der Waals surface area contributed by atoms with Crippen LogP contribution in [0, 0.1) is 5.92 Å². The van der Waals surface area contributed by atoms with Gasteiger partial charge in [0.1, 0.15) is 0 Å². The molecule has 3 unspecified atom stereocenters. The number of hydrogen-bond acceptors (Lipinski definition) is 3. The third kappa shape index (κ3) is 3.32. The molecular weight excluding hydrogens is 236 g/mol. The van der Waals surface area contributed by atoms with Crippen LogP contribution in [-0.4, -0.2) is 59.8 Å². The maximum Gasteiger partial charge on any atom is 0.0669 e. The molecule has 19 heavy (non-hydrogen) atoms. The Bertz CT molecular complexity index is 290. The Balaban J connectivity index is 1.46. The molecule has 3 nitrogen and oxygen atoms in total. The second-order valence-corrected chi connectivity index (χ2v) is 7.14. The van der Waals surface area contributed by atoms with Crippen LogP contribution in [0.1, 0.15) is 51.4 Å². The van der Waals surface area contributed by atoms with Crippen LogP contribution in [0.3, 0.4) is 0 Å². The van der Waals surface area contributed by atoms with Gasteiger partial charge in [-0.05, 0) is 45.2 Å². The second-order valence-electron chi connectivity index (χ2n) is 7.14. The van der Waals surface area contributed by atoms with Gasteiger partial charge in [-0.2, -0.15) is 0 Å². The van der Waals surface area contributed by atoms with Gasteiger partial charge < -0.3 is 5.11 Å². The minimum absolute atomic E-state index is 0.0926. The van der Waals surface area contributed by atoms with E-state index >= 15 is 0 Å². The van der Waals surface area contributed by atoms with E-state index in [2.05, 4.69) is 16.8 Å². The van der Waals surface area contributed by atoms with E-state index in [1.165, 1.54) is 58.0 Å². The molecule has 3 fully saturated rings. The van der Waals surface area contributed by atoms with Gasteiger partial charge in [0.15, 0.2) is 0 Å². The summed E-state index contributed by atoms with van der Waals surface area (Å²) in [5, 5.41) is 10.3. The van der Waals surface area contributed by atoms with E-state index in [4.69, 9.17) is 0 Å². The summed E-state index contributed by atoms with van der Waals surface area (Å²) in [4.78, 5) is 5.11. The molecule has 2 aliphatic heterocycles. The summed E-state index contributed by atoms with van der Waals surface area (Å²) < 4.78 is 0. The Hall–Kier alpha value is -0.120. The number of likely N-dealkylation sites (N-methyl/N-ethyl adjacent to an activating group) is 1. The van der Waals surface area contributed by atoms with Crippen LogP contribution >= 0.6 is 0 Å². The van der Waals surface area contributed by atoms with Crippen LogP contribution in [0.4, 0.5) is 0 Å². The van der Waals surface area contributed by atoms with Gasteiger partial charge in [-0.1, -0.05) is 25.7 Å². The molecule has 3 atom stereocenters. The van der Waals surface area contributed by atoms with Crippen LogP contribution in [0.25, 0.3) is 0 Å². The zero-order valence-corrected chi connectivity index (χ0v) is 12.4. The van der Waals surface area contributed by atoms with Crippen molar-refractivity contribution in [3.8, 4) is 0 Å². The van der Waals surface area contributed by atoms with Gasteiger partial charge in [-0.15, -0.1) is 0 Å². The molecule has 110 valence electrons. The smallest absolute Gasteiger partial charge is 0.0669 e. The lowest BCUT2D eigenvalue weighted by Gasteiger charge is -2.28. The largest absolute Gasteiger partial charge is 0.392 e. The van der Waals surface area contributed by atoms with E-state index in [1.54, 1.807) is 0 Å². The standard InChI is InChI=1S/C16H30N2O/c1-17-14-6-7-15(17)11-18(9-8-14)12-16(19)10-13-4-2-3-5-13/h13-16,19H,2-12H2,1H3. The maximum absolute atomic E-state index is 10.3. The Labute approximate surface area is 118 Å². The van der Waals surface area contributed by atoms with E-state index in [0.29, 0.717) is 0 Å². The predicted octanol–water partition coefficient (Wildman–Crippen LogP) is 2.10. The Morgan fingerprint density at radius 1 is 1.05 bits per heavy atom. The number of fused-ring (bicyclic) bond motifs is 2. The molecular formula is C16H30N2O. The quantitative estimate of drug-likeness (QED) is 0.844. The van der Waals surface area contributed by atoms with Gasteiger partial charge in [0.2, 0.25) is 0 Å². The fourth-order valence-corrected chi connectivity index (χ4v) is 4.55. The van der Waals surface area contributed by atoms with Gasteiger partial charge in [-0.25, -0.2) is 0 Å². The molecule has 2 bridgehead atoms. The summed E-state index contributed by atoms with van der Waals surface area (Å²) in [6.07, 6.45) is 10.5. The van der Waals surface area contributed by atoms with Crippen LogP contribution in [0.5, 0.6) is 0 Å². The van der Waals surface area contributed by atoms with Crippen molar-refractivity contribution in [2.75, 3.05) is 26.7 Å². The van der Waals surface area contributed by atoms with Crippen LogP contribution in [0.2, 0.25) is 0 Å². The van der Waals surface area contributed by atoms with Crippen LogP contribution < -0.4 is 0 Å². The van der Waals surface area contributed by atoms with Crippen molar-refractivity contribution < 1.29 is 5.11 Å². The highest BCUT2D eigenvalue weighted by Crippen LogP contribution is 2.30. The van der Waals surface area contributed by atoms with Crippen molar-refractivity contribution in [1.82, 2.24) is 9.80 Å². The number of nitrogens with zero attached hydrogens (tertiary/aromatic N) is 2. The van der Waals surface area contributed by atoms with E-state index in [0.717, 1.165) is 31.0 Å². The topological polar surface area (TPSA) is 26.7 Å². The van der Waals surface area contributed by atoms with E-state index in [-0.39, 0.29) is 6.10 Å². The Morgan fingerprint density at radius 2 is 1.79 bits per heavy atom. The fourth-order valence-electron chi connectivity index (χ4n) is 4.55. The number of aliphatic hydroxyl groups excluding tert-OH is 1. The number of aliphatic hydroxyl groups is 1. The number of hydrogen-bond donors (Lipinski definition) is 1. The van der Waals surface area contributed by atoms with Gasteiger partial charge in [0, 0.05) is 25.2 Å². The first kappa shape index (κ1) is 13.8. The first-order valence-corrected chi connectivity index (χ1v) is 8.34. The van der Waals surface area contributed by atoms with Crippen molar-refractivity contribution >= 4 is 0 Å². The van der Waals surface area contributed by atoms with Crippen molar-refractivity contribution in [2.45, 2.75) is 69.6 Å². The molecule has 1 N–H and O–H groups in total. The van der Waals surface area contributed by atoms with E-state index < -0.39 is 0 Å². The van der Waals surface area contributed by atoms with E-state index in [9.17, 15) is 5.11 Å². The van der Waals surface area contributed by atoms with E-state index in [1.807, 2.05) is 0 Å². The summed E-state index contributed by atoms with van der Waals surface area (Å²) in [6.45, 7) is 3.27. The lowest BCUT2D eigenvalue weighted by Crippen LogP contribution is -2.40. The van der Waals surface area contributed by atoms with Gasteiger partial charge in [-0.3, -0.25) is 9.80 Å². The Morgan fingerprint density at radius 3 is 2.58 bits per heavy atom. The third-order valence-corrected chi connectivity index (χ3v) is 5.78. The second kappa shape index (κ2) is 6.11. The average molecular weight is 266 g/mol. The molecule has 0 aromatic rings. The van der Waals surface area contributed by atoms with Crippen molar-refractivity contribution in [1.29, 1.82) is 0 Å². The number of β-amino-alcohol motifs (C(OH)–C–C–N with tert-alkyl or cyclic N) is 1. The Kier molecular flexibility index (Phi) is 4.45. The van der Waals surface area contributed by atoms with Crippen LogP contribution in [-0.2, 0) is 0 Å². The molecule has 0 radical (unpaired) electrons. The third-order valence-electron chi connectivity index (χ3n) is 5.78. The first-order valence-electron chi connectivity index (χ1n) is 8.34. The summed E-state index contributed by atoms with van der Waals surface area (Å²) in [5.74, 6) is 0.807. The van der Waals surface area contributed by atoms with Gasteiger partial charge >= 0.3 is 0 Å². The molecule has 3 aliphatic rings. The molecule has 3 heteroatoms. The maximum atomic E-state index is 10.3. The van der Waals surface area contributed by atoms with Gasteiger partial charge in [0.25, 0.3) is 0 Å². The normalized spacial score (nSPS) is 35.7. The summed E-state index contributed by atoms with van der Waals surface area (Å²) in [7, 11) is 2.29. The lowest BCUT2D eigenvalue weighted by molar-refractivity contribution is 0.0866. The molecule has 2 heterocycles. The van der Waals surface area contributed by atoms with Crippen molar-refractivity contribution in [3.05, 3.63) is 0 Å². The zero-order valence-electron chi connectivity index (χ0n) is 12.4. The van der Waals surface area contributed by atoms with Crippen molar-refractivity contribution in [3.63, 3.8) is 0 Å². The predicted molar refractivity (Wildman–Crippen MR) is 78.2 cm³/mol. The summed E-state index contributed by atoms with van der Waals surface area (Å²) in [5.41, 5.74) is 0. The SMILES string of the molecule is CN1C2CCC1CN(CC(O)CC1CCCC1)CC2. The molecule has 1 saturated carbocycles. The minimum atomic E-state index is -0.0926. The monoisotopic (exact) mass is 266 g/mol. The lowest BCUT2D eigenvalue weighted by atomic mass is 9.99. The number of likely N-dealkylation sites (tertiary alicyclic amines) is 1. The minimum Gasteiger partial charge on any atom is -0.392 e. The highest BCUT2D eigenvalue weighted by Gasteiger charge is 2.35.